The summed E-state index contributed by atoms with van der Waals surface area (Å²) in [6.45, 7) is 0. The summed E-state index contributed by atoms with van der Waals surface area (Å²) in [6, 6.07) is 0. The van der Waals surface area contributed by atoms with E-state index in [-0.39, 0.29) is 67.4 Å². The first kappa shape index (κ1) is 37.0. The van der Waals surface area contributed by atoms with Crippen LogP contribution in [0.1, 0.15) is 2.85 Å². The third-order valence-corrected chi connectivity index (χ3v) is 0. The van der Waals surface area contributed by atoms with Gasteiger partial charge in [-0.3, -0.25) is 0 Å². The third-order valence-electron chi connectivity index (χ3n) is 0. The number of rotatable bonds is 0. The van der Waals surface area contributed by atoms with Gasteiger partial charge >= 0.3 is 82.6 Å². The second-order valence-corrected chi connectivity index (χ2v) is 4.62. The van der Waals surface area contributed by atoms with Crippen LogP contribution in [0.25, 0.3) is 0 Å². The minimum atomic E-state index is -4.64. The molecule has 0 aliphatic rings. The summed E-state index contributed by atoms with van der Waals surface area (Å²) in [5.74, 6) is 0. The van der Waals surface area contributed by atoms with Crippen molar-refractivity contribution in [3.8, 4) is 0 Å². The minimum absolute atomic E-state index is 0. The fourth-order valence-electron chi connectivity index (χ4n) is 0. The fourth-order valence-corrected chi connectivity index (χ4v) is 0. The van der Waals surface area contributed by atoms with E-state index in [9.17, 15) is 0 Å². The van der Waals surface area contributed by atoms with Gasteiger partial charge in [0, 0.05) is 0 Å². The topological polar surface area (TPSA) is 265 Å². The van der Waals surface area contributed by atoms with Crippen molar-refractivity contribution in [2.75, 3.05) is 0 Å². The summed E-state index contributed by atoms with van der Waals surface area (Å²) in [7, 11) is -13.9. The van der Waals surface area contributed by atoms with Gasteiger partial charge in [0.2, 0.25) is 0 Å². The normalized spacial score (nSPS) is 9.83. The molecule has 0 heterocycles. The van der Waals surface area contributed by atoms with Gasteiger partial charge in [0.05, 0.1) is 0 Å². The van der Waals surface area contributed by atoms with Gasteiger partial charge in [-0.25, -0.2) is 13.7 Å². The molecular formula is H13Na2O13P3. The number of phosphoric acid groups is 3. The summed E-state index contributed by atoms with van der Waals surface area (Å²) < 4.78 is 26.6. The molecule has 11 N–H and O–H groups in total. The first-order valence-electron chi connectivity index (χ1n) is 2.35. The maximum atomic E-state index is 8.88. The van der Waals surface area contributed by atoms with Gasteiger partial charge in [0.1, 0.15) is 0 Å². The summed E-state index contributed by atoms with van der Waals surface area (Å²) in [6.07, 6.45) is 0. The molecule has 0 spiro atoms. The molecule has 0 atom stereocenters. The van der Waals surface area contributed by atoms with E-state index in [0.717, 1.165) is 0 Å². The van der Waals surface area contributed by atoms with Crippen molar-refractivity contribution in [3.63, 3.8) is 0 Å². The summed E-state index contributed by atoms with van der Waals surface area (Å²) in [5, 5.41) is 0. The second kappa shape index (κ2) is 15.7. The zero-order chi connectivity index (χ0) is 13.5. The Hall–Kier alpha value is 2.29. The van der Waals surface area contributed by atoms with Gasteiger partial charge in [-0.05, 0) is 0 Å². The summed E-state index contributed by atoms with van der Waals surface area (Å²) >= 11 is 0. The van der Waals surface area contributed by atoms with Gasteiger partial charge in [0.15, 0.2) is 0 Å². The van der Waals surface area contributed by atoms with Gasteiger partial charge in [-0.1, -0.05) is 0 Å². The molecule has 18 heavy (non-hydrogen) atoms. The van der Waals surface area contributed by atoms with E-state index < -0.39 is 23.5 Å². The Morgan fingerprint density at radius 3 is 0.500 bits per heavy atom. The molecule has 0 aromatic heterocycles. The van der Waals surface area contributed by atoms with E-state index in [4.69, 9.17) is 57.7 Å². The molecule has 0 saturated heterocycles. The van der Waals surface area contributed by atoms with Crippen molar-refractivity contribution < 1.29 is 125 Å². The summed E-state index contributed by atoms with van der Waals surface area (Å²) in [5.41, 5.74) is 0. The maximum Gasteiger partial charge on any atom is 1.00 e. The Morgan fingerprint density at radius 2 is 0.500 bits per heavy atom. The van der Waals surface area contributed by atoms with Crippen molar-refractivity contribution >= 4 is 23.5 Å². The fraction of sp³-hybridized carbons (Fsp3) is 0. The Labute approximate surface area is 147 Å². The van der Waals surface area contributed by atoms with Crippen molar-refractivity contribution in [2.24, 2.45) is 0 Å². The average Bonchev–Trinajstić information content (AvgIpc) is 1.41. The summed E-state index contributed by atoms with van der Waals surface area (Å²) in [4.78, 5) is 64.7. The van der Waals surface area contributed by atoms with Crippen LogP contribution in [0.2, 0.25) is 0 Å². The minimum Gasteiger partial charge on any atom is -1.00 e. The van der Waals surface area contributed by atoms with Gasteiger partial charge in [-0.2, -0.15) is 0 Å². The van der Waals surface area contributed by atoms with Gasteiger partial charge < -0.3 is 52.4 Å². The molecule has 0 radical (unpaired) electrons. The van der Waals surface area contributed by atoms with Crippen molar-refractivity contribution in [1.82, 2.24) is 0 Å². The maximum absolute atomic E-state index is 8.88. The molecule has 0 aromatic rings. The number of hydrogen-bond donors (Lipinski definition) is 9. The van der Waals surface area contributed by atoms with E-state index in [1.807, 2.05) is 0 Å². The quantitative estimate of drug-likeness (QED) is 0.144. The van der Waals surface area contributed by atoms with E-state index in [2.05, 4.69) is 0 Å². The van der Waals surface area contributed by atoms with Crippen LogP contribution in [-0.2, 0) is 13.7 Å². The molecule has 0 bridgehead atoms. The third kappa shape index (κ3) is 1040. The average molecular weight is 360 g/mol. The Morgan fingerprint density at radius 1 is 0.500 bits per heavy atom. The zero-order valence-electron chi connectivity index (χ0n) is 11.1. The van der Waals surface area contributed by atoms with Crippen LogP contribution >= 0.6 is 23.5 Å². The molecule has 0 unspecified atom stereocenters. The van der Waals surface area contributed by atoms with Crippen LogP contribution in [0, 0.1) is 0 Å². The molecular weight excluding hydrogens is 347 g/mol. The first-order chi connectivity index (χ1) is 6.00. The SMILES string of the molecule is O.O=P(O)(O)O.O=P(O)(O)O.O=P(O)(O)O.[H-].[H-].[Na+].[Na+]. The van der Waals surface area contributed by atoms with Gasteiger partial charge in [0.25, 0.3) is 0 Å². The van der Waals surface area contributed by atoms with Crippen molar-refractivity contribution in [2.45, 2.75) is 0 Å². The van der Waals surface area contributed by atoms with E-state index in [1.165, 1.54) is 0 Å². The molecule has 0 fully saturated rings. The predicted octanol–water partition coefficient (Wildman–Crippen LogP) is -9.38. The molecule has 0 aromatic carbocycles. The Balaban J connectivity index is -0.0000000160. The van der Waals surface area contributed by atoms with E-state index in [0.29, 0.717) is 0 Å². The standard InChI is InChI=1S/2Na.3H3O4P.H2O.2H/c;;3*1-5(2,3)4;;;/h;;3*(H3,1,2,3,4);1H2;;/q2*+1;;;;;2*-1. The van der Waals surface area contributed by atoms with E-state index >= 15 is 0 Å². The smallest absolute Gasteiger partial charge is 1.00 e. The second-order valence-electron chi connectivity index (χ2n) is 1.54. The molecule has 0 rings (SSSR count). The predicted molar refractivity (Wildman–Crippen MR) is 48.6 cm³/mol. The molecule has 18 heteroatoms. The molecule has 0 aliphatic heterocycles. The van der Waals surface area contributed by atoms with Crippen molar-refractivity contribution in [3.05, 3.63) is 0 Å². The largest absolute Gasteiger partial charge is 1.00 e. The van der Waals surface area contributed by atoms with Crippen LogP contribution in [-0.4, -0.2) is 49.5 Å². The van der Waals surface area contributed by atoms with Crippen molar-refractivity contribution in [1.29, 1.82) is 0 Å². The molecule has 0 aliphatic carbocycles. The molecule has 0 saturated carbocycles. The monoisotopic (exact) mass is 360 g/mol. The van der Waals surface area contributed by atoms with Crippen LogP contribution < -0.4 is 59.1 Å². The number of hydrogen-bond acceptors (Lipinski definition) is 3. The van der Waals surface area contributed by atoms with Crippen LogP contribution in [0.3, 0.4) is 0 Å². The molecule has 108 valence electrons. The Bertz CT molecular complexity index is 216. The molecule has 13 nitrogen and oxygen atoms in total. The van der Waals surface area contributed by atoms with Crippen LogP contribution in [0.4, 0.5) is 0 Å². The van der Waals surface area contributed by atoms with Crippen LogP contribution in [0.5, 0.6) is 0 Å². The van der Waals surface area contributed by atoms with E-state index in [1.54, 1.807) is 0 Å². The van der Waals surface area contributed by atoms with Gasteiger partial charge in [-0.15, -0.1) is 0 Å². The first-order valence-corrected chi connectivity index (χ1v) is 7.04. The Kier molecular flexibility index (Phi) is 32.2. The zero-order valence-corrected chi connectivity index (χ0v) is 15.8. The van der Waals surface area contributed by atoms with Crippen LogP contribution in [0.15, 0.2) is 0 Å². The molecule has 0 amide bonds.